The molecule has 0 aliphatic carbocycles. The van der Waals surface area contributed by atoms with Gasteiger partial charge in [-0.3, -0.25) is 14.4 Å². The van der Waals surface area contributed by atoms with Crippen LogP contribution in [0.5, 0.6) is 0 Å². The van der Waals surface area contributed by atoms with Gasteiger partial charge in [-0.25, -0.2) is 0 Å². The third-order valence-corrected chi connectivity index (χ3v) is 2.46. The maximum atomic E-state index is 12.0. The number of benzene rings is 1. The normalized spacial score (nSPS) is 10.2. The summed E-state index contributed by atoms with van der Waals surface area (Å²) in [7, 11) is 0. The molecular formula is C12H12N4O4. The number of amides is 1. The molecule has 0 spiro atoms. The van der Waals surface area contributed by atoms with Gasteiger partial charge in [0.15, 0.2) is 6.73 Å². The first-order valence-electron chi connectivity index (χ1n) is 5.80. The van der Waals surface area contributed by atoms with Crippen molar-refractivity contribution in [3.05, 3.63) is 34.6 Å². The van der Waals surface area contributed by atoms with Gasteiger partial charge < -0.3 is 10.1 Å². The highest BCUT2D eigenvalue weighted by Gasteiger charge is 2.08. The Morgan fingerprint density at radius 1 is 1.35 bits per heavy atom. The zero-order valence-electron chi connectivity index (χ0n) is 10.7. The molecule has 0 bridgehead atoms. The molecule has 8 nitrogen and oxygen atoms in total. The molecule has 8 heteroatoms. The fraction of sp³-hybridized carbons (Fsp3) is 0.250. The number of nitrogens with zero attached hydrogens (tertiary/aromatic N) is 3. The quantitative estimate of drug-likeness (QED) is 0.750. The summed E-state index contributed by atoms with van der Waals surface area (Å²) in [6, 6.07) is 6.73. The number of hydrogen-bond acceptors (Lipinski definition) is 6. The molecule has 2 rings (SSSR count). The Kier molecular flexibility index (Phi) is 4.04. The van der Waals surface area contributed by atoms with Crippen molar-refractivity contribution in [1.82, 2.24) is 20.3 Å². The molecule has 0 unspecified atom stereocenters. The second kappa shape index (κ2) is 5.91. The number of aromatic nitrogens is 3. The molecule has 0 saturated heterocycles. The first-order valence-corrected chi connectivity index (χ1v) is 5.80. The molecule has 0 atom stereocenters. The van der Waals surface area contributed by atoms with E-state index in [9.17, 15) is 14.4 Å². The van der Waals surface area contributed by atoms with Gasteiger partial charge >= 0.3 is 5.97 Å². The van der Waals surface area contributed by atoms with Gasteiger partial charge in [-0.15, -0.1) is 5.10 Å². The van der Waals surface area contributed by atoms with Crippen molar-refractivity contribution in [3.8, 4) is 0 Å². The minimum absolute atomic E-state index is 0.259. The largest absolute Gasteiger partial charge is 0.441 e. The summed E-state index contributed by atoms with van der Waals surface area (Å²) in [4.78, 5) is 33.9. The average molecular weight is 276 g/mol. The van der Waals surface area contributed by atoms with E-state index in [0.717, 1.165) is 4.68 Å². The highest BCUT2D eigenvalue weighted by Crippen LogP contribution is 2.03. The molecule has 0 radical (unpaired) electrons. The molecule has 1 N–H and O–H groups in total. The Hall–Kier alpha value is -2.77. The van der Waals surface area contributed by atoms with E-state index in [1.54, 1.807) is 24.3 Å². The van der Waals surface area contributed by atoms with Gasteiger partial charge in [0.25, 0.3) is 5.56 Å². The molecule has 20 heavy (non-hydrogen) atoms. The molecule has 0 fully saturated rings. The van der Waals surface area contributed by atoms with Crippen molar-refractivity contribution < 1.29 is 14.3 Å². The summed E-state index contributed by atoms with van der Waals surface area (Å²) in [5, 5.41) is 10.2. The van der Waals surface area contributed by atoms with Gasteiger partial charge in [0.1, 0.15) is 12.1 Å². The second-order valence-electron chi connectivity index (χ2n) is 3.97. The van der Waals surface area contributed by atoms with E-state index in [0.29, 0.717) is 10.9 Å². The molecule has 104 valence electrons. The summed E-state index contributed by atoms with van der Waals surface area (Å²) in [5.41, 5.74) is 0.0706. The maximum Gasteiger partial charge on any atom is 0.327 e. The number of carbonyl (C=O) groups is 2. The Balaban J connectivity index is 2.07. The Morgan fingerprint density at radius 2 is 2.10 bits per heavy atom. The van der Waals surface area contributed by atoms with Crippen LogP contribution in [0.4, 0.5) is 0 Å². The zero-order chi connectivity index (χ0) is 14.5. The summed E-state index contributed by atoms with van der Waals surface area (Å²) in [6.45, 7) is 0.673. The first-order chi connectivity index (χ1) is 9.58. The van der Waals surface area contributed by atoms with Gasteiger partial charge in [0.05, 0.1) is 5.39 Å². The predicted molar refractivity (Wildman–Crippen MR) is 68.6 cm³/mol. The fourth-order valence-electron chi connectivity index (χ4n) is 1.49. The van der Waals surface area contributed by atoms with E-state index >= 15 is 0 Å². The Morgan fingerprint density at radius 3 is 2.85 bits per heavy atom. The zero-order valence-corrected chi connectivity index (χ0v) is 10.7. The minimum atomic E-state index is -0.665. The summed E-state index contributed by atoms with van der Waals surface area (Å²) < 4.78 is 5.75. The van der Waals surface area contributed by atoms with Gasteiger partial charge in [-0.1, -0.05) is 17.3 Å². The number of hydrogen-bond donors (Lipinski definition) is 1. The topological polar surface area (TPSA) is 103 Å². The van der Waals surface area contributed by atoms with Gasteiger partial charge in [0, 0.05) is 6.92 Å². The average Bonchev–Trinajstić information content (AvgIpc) is 2.44. The molecule has 2 aromatic rings. The van der Waals surface area contributed by atoms with Crippen molar-refractivity contribution in [2.24, 2.45) is 0 Å². The monoisotopic (exact) mass is 276 g/mol. The fourth-order valence-corrected chi connectivity index (χ4v) is 1.49. The van der Waals surface area contributed by atoms with Gasteiger partial charge in [-0.05, 0) is 12.1 Å². The predicted octanol–water partition coefficient (Wildman–Crippen LogP) is -0.572. The SMILES string of the molecule is CC(=O)NCC(=O)OCn1nnc2ccccc2c1=O. The van der Waals surface area contributed by atoms with Gasteiger partial charge in [-0.2, -0.15) is 4.68 Å². The number of fused-ring (bicyclic) bond motifs is 1. The number of ether oxygens (including phenoxy) is 1. The highest BCUT2D eigenvalue weighted by atomic mass is 16.5. The van der Waals surface area contributed by atoms with Crippen LogP contribution < -0.4 is 10.9 Å². The lowest BCUT2D eigenvalue weighted by atomic mass is 10.2. The molecule has 0 aliphatic heterocycles. The third kappa shape index (κ3) is 3.16. The second-order valence-corrected chi connectivity index (χ2v) is 3.97. The molecule has 1 amide bonds. The molecular weight excluding hydrogens is 264 g/mol. The smallest absolute Gasteiger partial charge is 0.327 e. The summed E-state index contributed by atoms with van der Waals surface area (Å²) >= 11 is 0. The molecule has 0 saturated carbocycles. The van der Waals surface area contributed by atoms with E-state index in [1.165, 1.54) is 6.92 Å². The van der Waals surface area contributed by atoms with E-state index < -0.39 is 11.5 Å². The van der Waals surface area contributed by atoms with Crippen molar-refractivity contribution in [1.29, 1.82) is 0 Å². The van der Waals surface area contributed by atoms with Crippen LogP contribution in [-0.2, 0) is 21.1 Å². The lowest BCUT2D eigenvalue weighted by Gasteiger charge is -2.06. The third-order valence-electron chi connectivity index (χ3n) is 2.46. The van der Waals surface area contributed by atoms with E-state index in [4.69, 9.17) is 4.74 Å². The van der Waals surface area contributed by atoms with Crippen LogP contribution in [0, 0.1) is 0 Å². The molecule has 1 aromatic heterocycles. The van der Waals surface area contributed by atoms with Crippen LogP contribution >= 0.6 is 0 Å². The van der Waals surface area contributed by atoms with Crippen molar-refractivity contribution >= 4 is 22.8 Å². The lowest BCUT2D eigenvalue weighted by Crippen LogP contribution is -2.31. The summed E-state index contributed by atoms with van der Waals surface area (Å²) in [6.07, 6.45) is 0. The van der Waals surface area contributed by atoms with Crippen molar-refractivity contribution in [2.75, 3.05) is 6.54 Å². The van der Waals surface area contributed by atoms with Crippen LogP contribution in [0.2, 0.25) is 0 Å². The lowest BCUT2D eigenvalue weighted by molar-refractivity contribution is -0.148. The van der Waals surface area contributed by atoms with Crippen LogP contribution in [0.25, 0.3) is 10.9 Å². The van der Waals surface area contributed by atoms with Crippen LogP contribution in [0.1, 0.15) is 6.92 Å². The number of carbonyl (C=O) groups excluding carboxylic acids is 2. The van der Waals surface area contributed by atoms with Crippen molar-refractivity contribution in [3.63, 3.8) is 0 Å². The van der Waals surface area contributed by atoms with E-state index in [1.807, 2.05) is 0 Å². The number of rotatable bonds is 4. The Labute approximate surface area is 113 Å². The van der Waals surface area contributed by atoms with E-state index in [-0.39, 0.29) is 19.2 Å². The Bertz CT molecular complexity index is 710. The number of esters is 1. The van der Waals surface area contributed by atoms with E-state index in [2.05, 4.69) is 15.6 Å². The number of nitrogens with one attached hydrogen (secondary N) is 1. The molecule has 1 aromatic carbocycles. The molecule has 1 heterocycles. The van der Waals surface area contributed by atoms with Crippen LogP contribution in [0.15, 0.2) is 29.1 Å². The standard InChI is InChI=1S/C12H12N4O4/c1-8(17)13-6-11(18)20-7-16-12(19)9-4-2-3-5-10(9)14-15-16/h2-5H,6-7H2,1H3,(H,13,17). The first kappa shape index (κ1) is 13.7. The van der Waals surface area contributed by atoms with Crippen molar-refractivity contribution in [2.45, 2.75) is 13.7 Å². The molecule has 0 aliphatic rings. The maximum absolute atomic E-state index is 12.0. The van der Waals surface area contributed by atoms with Gasteiger partial charge in [0.2, 0.25) is 5.91 Å². The highest BCUT2D eigenvalue weighted by molar-refractivity contribution is 5.80. The summed E-state index contributed by atoms with van der Waals surface area (Å²) in [5.74, 6) is -1.01. The minimum Gasteiger partial charge on any atom is -0.441 e. The van der Waals surface area contributed by atoms with Crippen LogP contribution in [-0.4, -0.2) is 33.4 Å². The van der Waals surface area contributed by atoms with Crippen LogP contribution in [0.3, 0.4) is 0 Å².